The zero-order valence-corrected chi connectivity index (χ0v) is 12.3. The van der Waals surface area contributed by atoms with Gasteiger partial charge in [0.2, 0.25) is 0 Å². The molecule has 0 radical (unpaired) electrons. The second-order valence-electron chi connectivity index (χ2n) is 5.85. The molecule has 0 bridgehead atoms. The van der Waals surface area contributed by atoms with Gasteiger partial charge in [-0.15, -0.1) is 0 Å². The summed E-state index contributed by atoms with van der Waals surface area (Å²) in [5.41, 5.74) is 4.10. The molecule has 1 fully saturated rings. The van der Waals surface area contributed by atoms with Crippen LogP contribution in [0.4, 0.5) is 0 Å². The molecule has 104 valence electrons. The molecule has 1 saturated carbocycles. The van der Waals surface area contributed by atoms with Gasteiger partial charge in [-0.2, -0.15) is 0 Å². The van der Waals surface area contributed by atoms with Crippen LogP contribution in [0.1, 0.15) is 31.7 Å². The third-order valence-corrected chi connectivity index (χ3v) is 4.69. The topological polar surface area (TPSA) is 12.0 Å². The Hall–Kier alpha value is -1.60. The summed E-state index contributed by atoms with van der Waals surface area (Å²) in [6, 6.07) is 20.4. The summed E-state index contributed by atoms with van der Waals surface area (Å²) in [6.45, 7) is 5.63. The second kappa shape index (κ2) is 5.80. The molecule has 0 saturated heterocycles. The Labute approximate surface area is 122 Å². The summed E-state index contributed by atoms with van der Waals surface area (Å²) >= 11 is 0. The predicted octanol–water partition coefficient (Wildman–Crippen LogP) is 4.46. The van der Waals surface area contributed by atoms with Crippen molar-refractivity contribution in [3.05, 3.63) is 60.2 Å². The maximum atomic E-state index is 3.57. The molecule has 1 aliphatic rings. The van der Waals surface area contributed by atoms with Gasteiger partial charge in [0, 0.05) is 6.04 Å². The molecule has 20 heavy (non-hydrogen) atoms. The van der Waals surface area contributed by atoms with Gasteiger partial charge in [0.1, 0.15) is 0 Å². The Balaban J connectivity index is 1.72. The van der Waals surface area contributed by atoms with E-state index in [2.05, 4.69) is 73.8 Å². The SMILES string of the molecule is CCNC1CC(c2ccc(-c3ccccc3)cc2)C1C. The largest absolute Gasteiger partial charge is 0.314 e. The van der Waals surface area contributed by atoms with Crippen molar-refractivity contribution in [2.45, 2.75) is 32.2 Å². The summed E-state index contributed by atoms with van der Waals surface area (Å²) in [7, 11) is 0. The summed E-state index contributed by atoms with van der Waals surface area (Å²) in [4.78, 5) is 0. The molecule has 3 atom stereocenters. The van der Waals surface area contributed by atoms with Crippen molar-refractivity contribution in [1.82, 2.24) is 5.32 Å². The fraction of sp³-hybridized carbons (Fsp3) is 0.368. The molecular formula is C19H23N. The van der Waals surface area contributed by atoms with Crippen LogP contribution in [0, 0.1) is 5.92 Å². The Morgan fingerprint density at radius 3 is 2.20 bits per heavy atom. The number of hydrogen-bond acceptors (Lipinski definition) is 1. The van der Waals surface area contributed by atoms with Crippen molar-refractivity contribution in [3.8, 4) is 11.1 Å². The summed E-state index contributed by atoms with van der Waals surface area (Å²) < 4.78 is 0. The fourth-order valence-electron chi connectivity index (χ4n) is 3.31. The Bertz CT molecular complexity index is 544. The summed E-state index contributed by atoms with van der Waals surface area (Å²) in [5, 5.41) is 3.57. The van der Waals surface area contributed by atoms with Crippen molar-refractivity contribution in [3.63, 3.8) is 0 Å². The molecule has 0 spiro atoms. The lowest BCUT2D eigenvalue weighted by molar-refractivity contribution is 0.187. The third kappa shape index (κ3) is 2.51. The second-order valence-corrected chi connectivity index (χ2v) is 5.85. The first-order chi connectivity index (χ1) is 9.79. The predicted molar refractivity (Wildman–Crippen MR) is 85.9 cm³/mol. The molecule has 0 heterocycles. The molecule has 1 nitrogen and oxygen atoms in total. The Morgan fingerprint density at radius 2 is 1.60 bits per heavy atom. The maximum Gasteiger partial charge on any atom is 0.0104 e. The van der Waals surface area contributed by atoms with Crippen molar-refractivity contribution in [1.29, 1.82) is 0 Å². The zero-order chi connectivity index (χ0) is 13.9. The molecule has 3 unspecified atom stereocenters. The monoisotopic (exact) mass is 265 g/mol. The van der Waals surface area contributed by atoms with Crippen LogP contribution in [0.15, 0.2) is 54.6 Å². The van der Waals surface area contributed by atoms with Crippen LogP contribution in [0.2, 0.25) is 0 Å². The first-order valence-corrected chi connectivity index (χ1v) is 7.68. The maximum absolute atomic E-state index is 3.57. The van der Waals surface area contributed by atoms with Crippen LogP contribution in [0.3, 0.4) is 0 Å². The van der Waals surface area contributed by atoms with Crippen molar-refractivity contribution >= 4 is 0 Å². The van der Waals surface area contributed by atoms with E-state index in [-0.39, 0.29) is 0 Å². The van der Waals surface area contributed by atoms with Gasteiger partial charge in [-0.3, -0.25) is 0 Å². The van der Waals surface area contributed by atoms with Crippen molar-refractivity contribution in [2.24, 2.45) is 5.92 Å². The van der Waals surface area contributed by atoms with E-state index in [1.165, 1.54) is 23.1 Å². The quantitative estimate of drug-likeness (QED) is 0.861. The van der Waals surface area contributed by atoms with Gasteiger partial charge >= 0.3 is 0 Å². The van der Waals surface area contributed by atoms with Gasteiger partial charge in [0.25, 0.3) is 0 Å². The minimum atomic E-state index is 0.707. The highest BCUT2D eigenvalue weighted by Crippen LogP contribution is 2.42. The Morgan fingerprint density at radius 1 is 0.950 bits per heavy atom. The number of nitrogens with one attached hydrogen (secondary N) is 1. The molecule has 3 rings (SSSR count). The molecule has 1 heteroatoms. The fourth-order valence-corrected chi connectivity index (χ4v) is 3.31. The van der Waals surface area contributed by atoms with Gasteiger partial charge in [0.05, 0.1) is 0 Å². The molecule has 1 aliphatic carbocycles. The highest BCUT2D eigenvalue weighted by atomic mass is 14.9. The van der Waals surface area contributed by atoms with Crippen molar-refractivity contribution in [2.75, 3.05) is 6.54 Å². The average Bonchev–Trinajstić information content (AvgIpc) is 2.52. The zero-order valence-electron chi connectivity index (χ0n) is 12.3. The van der Waals surface area contributed by atoms with Gasteiger partial charge in [-0.1, -0.05) is 68.4 Å². The van der Waals surface area contributed by atoms with Crippen LogP contribution in [0.25, 0.3) is 11.1 Å². The minimum Gasteiger partial charge on any atom is -0.314 e. The van der Waals surface area contributed by atoms with E-state index in [0.717, 1.165) is 18.4 Å². The summed E-state index contributed by atoms with van der Waals surface area (Å²) in [6.07, 6.45) is 1.28. The van der Waals surface area contributed by atoms with Crippen LogP contribution < -0.4 is 5.32 Å². The van der Waals surface area contributed by atoms with E-state index >= 15 is 0 Å². The normalized spacial score (nSPS) is 25.2. The van der Waals surface area contributed by atoms with E-state index < -0.39 is 0 Å². The van der Waals surface area contributed by atoms with Gasteiger partial charge in [0.15, 0.2) is 0 Å². The Kier molecular flexibility index (Phi) is 3.88. The third-order valence-electron chi connectivity index (χ3n) is 4.69. The average molecular weight is 265 g/mol. The number of rotatable bonds is 4. The highest BCUT2D eigenvalue weighted by molar-refractivity contribution is 5.63. The standard InChI is InChI=1S/C19H23N/c1-3-20-19-13-18(14(19)2)17-11-9-16(10-12-17)15-7-5-4-6-8-15/h4-12,14,18-20H,3,13H2,1-2H3. The molecule has 2 aromatic carbocycles. The summed E-state index contributed by atoms with van der Waals surface area (Å²) in [5.74, 6) is 1.47. The van der Waals surface area contributed by atoms with Crippen LogP contribution in [0.5, 0.6) is 0 Å². The first-order valence-electron chi connectivity index (χ1n) is 7.68. The van der Waals surface area contributed by atoms with E-state index in [1.807, 2.05) is 0 Å². The lowest BCUT2D eigenvalue weighted by Crippen LogP contribution is -2.47. The van der Waals surface area contributed by atoms with Crippen LogP contribution >= 0.6 is 0 Å². The van der Waals surface area contributed by atoms with Gasteiger partial charge in [-0.05, 0) is 41.5 Å². The van der Waals surface area contributed by atoms with E-state index in [4.69, 9.17) is 0 Å². The van der Waals surface area contributed by atoms with E-state index in [0.29, 0.717) is 6.04 Å². The lowest BCUT2D eigenvalue weighted by Gasteiger charge is -2.43. The minimum absolute atomic E-state index is 0.707. The molecular weight excluding hydrogens is 242 g/mol. The molecule has 1 N–H and O–H groups in total. The van der Waals surface area contributed by atoms with Crippen LogP contribution in [-0.4, -0.2) is 12.6 Å². The smallest absolute Gasteiger partial charge is 0.0104 e. The number of hydrogen-bond donors (Lipinski definition) is 1. The van der Waals surface area contributed by atoms with Gasteiger partial charge < -0.3 is 5.32 Å². The molecule has 0 amide bonds. The number of benzene rings is 2. The molecule has 2 aromatic rings. The lowest BCUT2D eigenvalue weighted by atomic mass is 9.67. The molecule has 0 aromatic heterocycles. The highest BCUT2D eigenvalue weighted by Gasteiger charge is 2.37. The van der Waals surface area contributed by atoms with Gasteiger partial charge in [-0.25, -0.2) is 0 Å². The van der Waals surface area contributed by atoms with E-state index in [9.17, 15) is 0 Å². The van der Waals surface area contributed by atoms with Crippen molar-refractivity contribution < 1.29 is 0 Å². The van der Waals surface area contributed by atoms with E-state index in [1.54, 1.807) is 0 Å². The molecule has 0 aliphatic heterocycles. The van der Waals surface area contributed by atoms with Crippen LogP contribution in [-0.2, 0) is 0 Å². The first kappa shape index (κ1) is 13.4.